The lowest BCUT2D eigenvalue weighted by atomic mass is 10.1. The van der Waals surface area contributed by atoms with Gasteiger partial charge in [-0.05, 0) is 48.0 Å². The Labute approximate surface area is 177 Å². The Balaban J connectivity index is 1.49. The lowest BCUT2D eigenvalue weighted by Crippen LogP contribution is -2.26. The van der Waals surface area contributed by atoms with Crippen molar-refractivity contribution in [3.05, 3.63) is 100 Å². The number of hydrogen-bond donors (Lipinski definition) is 2. The molecule has 0 bridgehead atoms. The number of anilines is 1. The van der Waals surface area contributed by atoms with E-state index in [2.05, 4.69) is 10.6 Å². The van der Waals surface area contributed by atoms with Crippen LogP contribution < -0.4 is 15.4 Å². The summed E-state index contributed by atoms with van der Waals surface area (Å²) in [5.74, 6) is -0.695. The van der Waals surface area contributed by atoms with Gasteiger partial charge in [-0.15, -0.1) is 0 Å². The van der Waals surface area contributed by atoms with Gasteiger partial charge in [-0.25, -0.2) is 4.39 Å². The molecule has 0 spiro atoms. The molecule has 0 unspecified atom stereocenters. The SMILES string of the molecule is O=C1Nc2cc(C(=O)NCc3ccccc3F)ccc2O/C1=C/c1cccc(Cl)c1. The zero-order valence-corrected chi connectivity index (χ0v) is 16.4. The van der Waals surface area contributed by atoms with E-state index in [9.17, 15) is 14.0 Å². The van der Waals surface area contributed by atoms with Crippen LogP contribution in [0.5, 0.6) is 5.75 Å². The Hall–Kier alpha value is -3.64. The predicted molar refractivity (Wildman–Crippen MR) is 113 cm³/mol. The third-order valence-corrected chi connectivity index (χ3v) is 4.71. The fourth-order valence-corrected chi connectivity index (χ4v) is 3.17. The molecule has 1 heterocycles. The fourth-order valence-electron chi connectivity index (χ4n) is 2.97. The van der Waals surface area contributed by atoms with Gasteiger partial charge < -0.3 is 15.4 Å². The molecule has 0 atom stereocenters. The second kappa shape index (κ2) is 8.39. The molecule has 3 aromatic rings. The molecule has 0 saturated carbocycles. The minimum atomic E-state index is -0.439. The predicted octanol–water partition coefficient (Wildman–Crippen LogP) is 4.78. The van der Waals surface area contributed by atoms with Crippen LogP contribution in [0, 0.1) is 5.82 Å². The maximum absolute atomic E-state index is 13.7. The third-order valence-electron chi connectivity index (χ3n) is 4.48. The Bertz CT molecular complexity index is 1180. The van der Waals surface area contributed by atoms with E-state index >= 15 is 0 Å². The molecule has 0 radical (unpaired) electrons. The van der Waals surface area contributed by atoms with Gasteiger partial charge in [-0.1, -0.05) is 41.9 Å². The standard InChI is InChI=1S/C23H16ClFN2O3/c24-17-6-3-4-14(10-17)11-21-23(29)27-19-12-15(8-9-20(19)30-21)22(28)26-13-16-5-1-2-7-18(16)25/h1-12H,13H2,(H,26,28)(H,27,29)/b21-11+. The first-order valence-electron chi connectivity index (χ1n) is 9.12. The average Bonchev–Trinajstić information content (AvgIpc) is 2.73. The molecule has 5 nitrogen and oxygen atoms in total. The molecular weight excluding hydrogens is 407 g/mol. The molecule has 0 fully saturated rings. The van der Waals surface area contributed by atoms with Crippen molar-refractivity contribution in [2.45, 2.75) is 6.54 Å². The lowest BCUT2D eigenvalue weighted by molar-refractivity contribution is -0.115. The van der Waals surface area contributed by atoms with Crippen molar-refractivity contribution >= 4 is 35.2 Å². The summed E-state index contributed by atoms with van der Waals surface area (Å²) in [6, 6.07) is 17.9. The van der Waals surface area contributed by atoms with Gasteiger partial charge in [0.1, 0.15) is 5.82 Å². The Morgan fingerprint density at radius 2 is 1.93 bits per heavy atom. The summed E-state index contributed by atoms with van der Waals surface area (Å²) in [4.78, 5) is 24.8. The van der Waals surface area contributed by atoms with E-state index in [0.29, 0.717) is 27.6 Å². The van der Waals surface area contributed by atoms with Gasteiger partial charge in [0.2, 0.25) is 0 Å². The van der Waals surface area contributed by atoms with Crippen molar-refractivity contribution < 1.29 is 18.7 Å². The number of nitrogens with one attached hydrogen (secondary N) is 2. The topological polar surface area (TPSA) is 67.4 Å². The summed E-state index contributed by atoms with van der Waals surface area (Å²) in [6.07, 6.45) is 1.58. The molecule has 7 heteroatoms. The largest absolute Gasteiger partial charge is 0.449 e. The van der Waals surface area contributed by atoms with Crippen molar-refractivity contribution in [2.75, 3.05) is 5.32 Å². The van der Waals surface area contributed by atoms with E-state index in [0.717, 1.165) is 5.56 Å². The maximum Gasteiger partial charge on any atom is 0.291 e. The van der Waals surface area contributed by atoms with Crippen LogP contribution in [0.2, 0.25) is 5.02 Å². The molecule has 30 heavy (non-hydrogen) atoms. The minimum absolute atomic E-state index is 0.0535. The van der Waals surface area contributed by atoms with E-state index in [1.165, 1.54) is 12.1 Å². The van der Waals surface area contributed by atoms with E-state index in [1.807, 2.05) is 0 Å². The van der Waals surface area contributed by atoms with Crippen LogP contribution in [0.15, 0.2) is 72.5 Å². The van der Waals surface area contributed by atoms with E-state index in [-0.39, 0.29) is 18.1 Å². The number of amides is 2. The number of carbonyl (C=O) groups excluding carboxylic acids is 2. The molecule has 2 N–H and O–H groups in total. The number of hydrogen-bond acceptors (Lipinski definition) is 3. The van der Waals surface area contributed by atoms with Crippen molar-refractivity contribution in [1.29, 1.82) is 0 Å². The van der Waals surface area contributed by atoms with Crippen LogP contribution in [-0.4, -0.2) is 11.8 Å². The molecule has 2 amide bonds. The molecule has 150 valence electrons. The number of fused-ring (bicyclic) bond motifs is 1. The van der Waals surface area contributed by atoms with Crippen LogP contribution in [0.1, 0.15) is 21.5 Å². The summed E-state index contributed by atoms with van der Waals surface area (Å²) < 4.78 is 19.4. The van der Waals surface area contributed by atoms with Crippen LogP contribution in [0.25, 0.3) is 6.08 Å². The molecular formula is C23H16ClFN2O3. The van der Waals surface area contributed by atoms with Crippen molar-refractivity contribution in [2.24, 2.45) is 0 Å². The number of rotatable bonds is 4. The Morgan fingerprint density at radius 3 is 2.73 bits per heavy atom. The zero-order chi connectivity index (χ0) is 21.1. The first-order chi connectivity index (χ1) is 14.5. The maximum atomic E-state index is 13.7. The van der Waals surface area contributed by atoms with Gasteiger partial charge in [-0.3, -0.25) is 9.59 Å². The molecule has 0 saturated heterocycles. The molecule has 4 rings (SSSR count). The van der Waals surface area contributed by atoms with E-state index < -0.39 is 11.8 Å². The van der Waals surface area contributed by atoms with Crippen molar-refractivity contribution in [1.82, 2.24) is 5.32 Å². The Morgan fingerprint density at radius 1 is 1.10 bits per heavy atom. The summed E-state index contributed by atoms with van der Waals surface area (Å²) in [7, 11) is 0. The number of halogens is 2. The molecule has 3 aromatic carbocycles. The monoisotopic (exact) mass is 422 g/mol. The first-order valence-corrected chi connectivity index (χ1v) is 9.49. The van der Waals surface area contributed by atoms with Gasteiger partial charge in [-0.2, -0.15) is 0 Å². The summed E-state index contributed by atoms with van der Waals surface area (Å²) in [5.41, 5.74) is 1.80. The minimum Gasteiger partial charge on any atom is -0.449 e. The third kappa shape index (κ3) is 4.34. The number of ether oxygens (including phenoxy) is 1. The van der Waals surface area contributed by atoms with Crippen molar-refractivity contribution in [3.8, 4) is 5.75 Å². The van der Waals surface area contributed by atoms with Crippen molar-refractivity contribution in [3.63, 3.8) is 0 Å². The summed E-state index contributed by atoms with van der Waals surface area (Å²) >= 11 is 5.97. The van der Waals surface area contributed by atoms with Gasteiger partial charge in [0.05, 0.1) is 5.69 Å². The van der Waals surface area contributed by atoms with Crippen LogP contribution in [0.3, 0.4) is 0 Å². The molecule has 1 aliphatic heterocycles. The quantitative estimate of drug-likeness (QED) is 0.594. The van der Waals surface area contributed by atoms with Crippen LogP contribution in [-0.2, 0) is 11.3 Å². The average molecular weight is 423 g/mol. The van der Waals surface area contributed by atoms with Gasteiger partial charge in [0, 0.05) is 22.7 Å². The number of carbonyl (C=O) groups is 2. The molecule has 1 aliphatic rings. The highest BCUT2D eigenvalue weighted by molar-refractivity contribution is 6.30. The normalized spacial score (nSPS) is 13.9. The zero-order valence-electron chi connectivity index (χ0n) is 15.6. The van der Waals surface area contributed by atoms with Crippen LogP contribution >= 0.6 is 11.6 Å². The molecule has 0 aromatic heterocycles. The number of benzene rings is 3. The summed E-state index contributed by atoms with van der Waals surface area (Å²) in [6.45, 7) is 0.0535. The summed E-state index contributed by atoms with van der Waals surface area (Å²) in [5, 5.41) is 5.93. The molecule has 0 aliphatic carbocycles. The second-order valence-corrected chi connectivity index (χ2v) is 7.04. The Kier molecular flexibility index (Phi) is 5.50. The van der Waals surface area contributed by atoms with Gasteiger partial charge in [0.15, 0.2) is 11.5 Å². The smallest absolute Gasteiger partial charge is 0.291 e. The first kappa shape index (κ1) is 19.7. The highest BCUT2D eigenvalue weighted by Gasteiger charge is 2.23. The lowest BCUT2D eigenvalue weighted by Gasteiger charge is -2.20. The fraction of sp³-hybridized carbons (Fsp3) is 0.0435. The highest BCUT2D eigenvalue weighted by Crippen LogP contribution is 2.32. The second-order valence-electron chi connectivity index (χ2n) is 6.60. The van der Waals surface area contributed by atoms with Gasteiger partial charge in [0.25, 0.3) is 11.8 Å². The van der Waals surface area contributed by atoms with E-state index in [4.69, 9.17) is 16.3 Å². The van der Waals surface area contributed by atoms with Gasteiger partial charge >= 0.3 is 0 Å². The highest BCUT2D eigenvalue weighted by atomic mass is 35.5. The van der Waals surface area contributed by atoms with E-state index in [1.54, 1.807) is 60.7 Å². The van der Waals surface area contributed by atoms with Crippen LogP contribution in [0.4, 0.5) is 10.1 Å².